The zero-order chi connectivity index (χ0) is 11.9. The van der Waals surface area contributed by atoms with Crippen molar-refractivity contribution in [3.8, 4) is 5.75 Å². The van der Waals surface area contributed by atoms with Gasteiger partial charge in [-0.15, -0.1) is 0 Å². The molecule has 0 aliphatic carbocycles. The molecular weight excluding hydrogens is 226 g/mol. The highest BCUT2D eigenvalue weighted by Gasteiger charge is 2.28. The van der Waals surface area contributed by atoms with Crippen LogP contribution in [0.5, 0.6) is 5.75 Å². The summed E-state index contributed by atoms with van der Waals surface area (Å²) < 4.78 is 28.7. The van der Waals surface area contributed by atoms with E-state index in [2.05, 4.69) is 0 Å². The number of benzene rings is 1. The molecule has 5 heteroatoms. The normalized spacial score (nSPS) is 18.8. The highest BCUT2D eigenvalue weighted by Crippen LogP contribution is 2.36. The number of fused-ring (bicyclic) bond motifs is 1. The van der Waals surface area contributed by atoms with E-state index in [0.29, 0.717) is 16.9 Å². The Morgan fingerprint density at radius 1 is 1.38 bits per heavy atom. The average Bonchev–Trinajstić information content (AvgIpc) is 2.51. The lowest BCUT2D eigenvalue weighted by molar-refractivity contribution is 0.413. The van der Waals surface area contributed by atoms with E-state index >= 15 is 0 Å². The third kappa shape index (κ3) is 1.62. The van der Waals surface area contributed by atoms with Crippen LogP contribution in [0.15, 0.2) is 28.5 Å². The fourth-order valence-corrected chi connectivity index (χ4v) is 3.33. The molecule has 1 aliphatic rings. The second-order valence-corrected chi connectivity index (χ2v) is 5.53. The summed E-state index contributed by atoms with van der Waals surface area (Å²) in [6.07, 6.45) is 0. The van der Waals surface area contributed by atoms with Crippen molar-refractivity contribution in [2.45, 2.75) is 17.9 Å². The number of ether oxygens (including phenoxy) is 1. The zero-order valence-electron chi connectivity index (χ0n) is 9.10. The van der Waals surface area contributed by atoms with E-state index in [-0.39, 0.29) is 10.9 Å². The Balaban J connectivity index is 2.67. The van der Waals surface area contributed by atoms with E-state index < -0.39 is 9.84 Å². The van der Waals surface area contributed by atoms with Crippen LogP contribution in [-0.4, -0.2) is 21.6 Å². The van der Waals surface area contributed by atoms with Gasteiger partial charge in [-0.25, -0.2) is 8.42 Å². The standard InChI is InChI=1S/C11H13NO3S/c1-7(12)10-6-16(13,14)11-5-8(15-2)3-4-9(10)11/h3-7H,12H2,1-2H3. The largest absolute Gasteiger partial charge is 0.497 e. The number of methoxy groups -OCH3 is 1. The molecule has 0 bridgehead atoms. The molecule has 1 unspecified atom stereocenters. The highest BCUT2D eigenvalue weighted by molar-refractivity contribution is 7.95. The van der Waals surface area contributed by atoms with Gasteiger partial charge in [0.1, 0.15) is 5.75 Å². The van der Waals surface area contributed by atoms with Crippen LogP contribution < -0.4 is 10.5 Å². The minimum absolute atomic E-state index is 0.277. The molecule has 2 rings (SSSR count). The van der Waals surface area contributed by atoms with Gasteiger partial charge in [-0.1, -0.05) is 0 Å². The summed E-state index contributed by atoms with van der Waals surface area (Å²) >= 11 is 0. The molecule has 4 nitrogen and oxygen atoms in total. The first kappa shape index (κ1) is 11.2. The molecule has 0 aromatic heterocycles. The lowest BCUT2D eigenvalue weighted by Gasteiger charge is -2.08. The zero-order valence-corrected chi connectivity index (χ0v) is 9.91. The van der Waals surface area contributed by atoms with Gasteiger partial charge in [0.15, 0.2) is 0 Å². The molecule has 1 aliphatic heterocycles. The Hall–Kier alpha value is -1.33. The molecular formula is C11H13NO3S. The third-order valence-electron chi connectivity index (χ3n) is 2.58. The summed E-state index contributed by atoms with van der Waals surface area (Å²) in [6, 6.07) is 4.68. The Bertz CT molecular complexity index is 559. The van der Waals surface area contributed by atoms with Crippen LogP contribution in [0.2, 0.25) is 0 Å². The summed E-state index contributed by atoms with van der Waals surface area (Å²) in [5.41, 5.74) is 7.07. The first-order valence-electron chi connectivity index (χ1n) is 4.86. The first-order valence-corrected chi connectivity index (χ1v) is 6.41. The summed E-state index contributed by atoms with van der Waals surface area (Å²) in [7, 11) is -1.85. The maximum Gasteiger partial charge on any atom is 0.200 e. The van der Waals surface area contributed by atoms with Gasteiger partial charge < -0.3 is 10.5 Å². The fraction of sp³-hybridized carbons (Fsp3) is 0.273. The molecule has 0 spiro atoms. The van der Waals surface area contributed by atoms with Crippen LogP contribution in [0.4, 0.5) is 0 Å². The van der Waals surface area contributed by atoms with E-state index in [4.69, 9.17) is 10.5 Å². The number of hydrogen-bond donors (Lipinski definition) is 1. The van der Waals surface area contributed by atoms with E-state index in [0.717, 1.165) is 0 Å². The van der Waals surface area contributed by atoms with Crippen molar-refractivity contribution in [3.63, 3.8) is 0 Å². The molecule has 86 valence electrons. The quantitative estimate of drug-likeness (QED) is 0.841. The van der Waals surface area contributed by atoms with Gasteiger partial charge in [0.25, 0.3) is 0 Å². The second kappa shape index (κ2) is 3.61. The van der Waals surface area contributed by atoms with Crippen molar-refractivity contribution in [2.75, 3.05) is 7.11 Å². The molecule has 1 aromatic carbocycles. The molecule has 0 fully saturated rings. The smallest absolute Gasteiger partial charge is 0.200 e. The first-order chi connectivity index (χ1) is 7.45. The average molecular weight is 239 g/mol. The summed E-state index contributed by atoms with van der Waals surface area (Å²) in [5, 5.41) is 1.24. The molecule has 1 atom stereocenters. The van der Waals surface area contributed by atoms with Gasteiger partial charge in [0, 0.05) is 11.4 Å². The van der Waals surface area contributed by atoms with Gasteiger partial charge >= 0.3 is 0 Å². The highest BCUT2D eigenvalue weighted by atomic mass is 32.2. The molecule has 16 heavy (non-hydrogen) atoms. The number of nitrogens with two attached hydrogens (primary N) is 1. The Morgan fingerprint density at radius 3 is 2.62 bits per heavy atom. The van der Waals surface area contributed by atoms with Gasteiger partial charge in [0.05, 0.1) is 12.0 Å². The lowest BCUT2D eigenvalue weighted by atomic mass is 10.0. The topological polar surface area (TPSA) is 69.4 Å². The maximum absolute atomic E-state index is 11.8. The van der Waals surface area contributed by atoms with Crippen LogP contribution in [0.3, 0.4) is 0 Å². The van der Waals surface area contributed by atoms with E-state index in [1.807, 2.05) is 0 Å². The van der Waals surface area contributed by atoms with Crippen LogP contribution >= 0.6 is 0 Å². The van der Waals surface area contributed by atoms with Crippen molar-refractivity contribution >= 4 is 15.4 Å². The predicted octanol–water partition coefficient (Wildman–Crippen LogP) is 1.17. The molecule has 1 aromatic rings. The van der Waals surface area contributed by atoms with Gasteiger partial charge in [-0.05, 0) is 36.3 Å². The van der Waals surface area contributed by atoms with Gasteiger partial charge in [0.2, 0.25) is 9.84 Å². The Kier molecular flexibility index (Phi) is 2.52. The Morgan fingerprint density at radius 2 is 2.06 bits per heavy atom. The molecule has 2 N–H and O–H groups in total. The molecule has 1 heterocycles. The summed E-state index contributed by atoms with van der Waals surface area (Å²) in [5.74, 6) is 0.529. The molecule has 0 amide bonds. The molecule has 0 saturated carbocycles. The van der Waals surface area contributed by atoms with Crippen LogP contribution in [0, 0.1) is 0 Å². The number of hydrogen-bond acceptors (Lipinski definition) is 4. The Labute approximate surface area is 94.6 Å². The van der Waals surface area contributed by atoms with Crippen molar-refractivity contribution in [3.05, 3.63) is 29.2 Å². The minimum Gasteiger partial charge on any atom is -0.497 e. The summed E-state index contributed by atoms with van der Waals surface area (Å²) in [4.78, 5) is 0.277. The fourth-order valence-electron chi connectivity index (χ4n) is 1.75. The van der Waals surface area contributed by atoms with E-state index in [1.54, 1.807) is 19.1 Å². The predicted molar refractivity (Wildman–Crippen MR) is 61.8 cm³/mol. The van der Waals surface area contributed by atoms with Crippen molar-refractivity contribution in [2.24, 2.45) is 5.73 Å². The molecule has 0 radical (unpaired) electrons. The van der Waals surface area contributed by atoms with E-state index in [1.165, 1.54) is 18.6 Å². The maximum atomic E-state index is 11.8. The van der Waals surface area contributed by atoms with Crippen molar-refractivity contribution < 1.29 is 13.2 Å². The van der Waals surface area contributed by atoms with Gasteiger partial charge in [-0.2, -0.15) is 0 Å². The number of rotatable bonds is 2. The van der Waals surface area contributed by atoms with Gasteiger partial charge in [-0.3, -0.25) is 0 Å². The van der Waals surface area contributed by atoms with Crippen molar-refractivity contribution in [1.82, 2.24) is 0 Å². The van der Waals surface area contributed by atoms with Crippen LogP contribution in [0.1, 0.15) is 12.5 Å². The van der Waals surface area contributed by atoms with Crippen LogP contribution in [-0.2, 0) is 9.84 Å². The monoisotopic (exact) mass is 239 g/mol. The summed E-state index contributed by atoms with van der Waals surface area (Å²) in [6.45, 7) is 1.76. The lowest BCUT2D eigenvalue weighted by Crippen LogP contribution is -2.15. The third-order valence-corrected chi connectivity index (χ3v) is 4.09. The minimum atomic E-state index is -3.35. The SMILES string of the molecule is COc1ccc2c(c1)S(=O)(=O)C=C2C(C)N. The second-order valence-electron chi connectivity index (χ2n) is 3.77. The van der Waals surface area contributed by atoms with Crippen LogP contribution in [0.25, 0.3) is 5.57 Å². The number of sulfone groups is 1. The van der Waals surface area contributed by atoms with E-state index in [9.17, 15) is 8.42 Å². The molecule has 0 saturated heterocycles. The van der Waals surface area contributed by atoms with Crippen molar-refractivity contribution in [1.29, 1.82) is 0 Å².